The maximum absolute atomic E-state index is 13.8. The number of aliphatic hydroxyl groups excluding tert-OH is 1. The lowest BCUT2D eigenvalue weighted by molar-refractivity contribution is 0.0320. The number of hydrogen-bond acceptors (Lipinski definition) is 5. The van der Waals surface area contributed by atoms with Crippen molar-refractivity contribution in [3.63, 3.8) is 0 Å². The molecule has 3 atom stereocenters. The molecular formula is C27H36FN3O3. The van der Waals surface area contributed by atoms with Crippen LogP contribution >= 0.6 is 0 Å². The van der Waals surface area contributed by atoms with Crippen LogP contribution < -0.4 is 4.74 Å². The van der Waals surface area contributed by atoms with Crippen molar-refractivity contribution >= 4 is 5.91 Å². The number of nitrogens with zero attached hydrogens (tertiary/aromatic N) is 3. The molecular weight excluding hydrogens is 433 g/mol. The van der Waals surface area contributed by atoms with Gasteiger partial charge in [0.2, 0.25) is 5.88 Å². The molecule has 1 aliphatic heterocycles. The van der Waals surface area contributed by atoms with Crippen LogP contribution in [0.3, 0.4) is 0 Å². The quantitative estimate of drug-likeness (QED) is 0.658. The van der Waals surface area contributed by atoms with Crippen LogP contribution in [0.5, 0.6) is 5.88 Å². The smallest absolute Gasteiger partial charge is 0.259 e. The predicted octanol–water partition coefficient (Wildman–Crippen LogP) is 4.23. The minimum absolute atomic E-state index is 0.0572. The molecule has 1 N–H and O–H groups in total. The van der Waals surface area contributed by atoms with Gasteiger partial charge in [-0.1, -0.05) is 31.9 Å². The summed E-state index contributed by atoms with van der Waals surface area (Å²) in [6, 6.07) is 7.63. The molecule has 1 saturated carbocycles. The van der Waals surface area contributed by atoms with Crippen molar-refractivity contribution in [3.05, 3.63) is 47.9 Å². The Balaban J connectivity index is 1.65. The van der Waals surface area contributed by atoms with Gasteiger partial charge in [-0.3, -0.25) is 4.79 Å². The molecule has 0 bridgehead atoms. The highest BCUT2D eigenvalue weighted by Crippen LogP contribution is 2.31. The van der Waals surface area contributed by atoms with Crippen molar-refractivity contribution in [1.82, 2.24) is 14.8 Å². The number of aromatic nitrogens is 1. The molecule has 2 heterocycles. The van der Waals surface area contributed by atoms with Crippen LogP contribution in [0.15, 0.2) is 36.5 Å². The van der Waals surface area contributed by atoms with Gasteiger partial charge in [-0.25, -0.2) is 9.37 Å². The van der Waals surface area contributed by atoms with E-state index in [0.29, 0.717) is 29.1 Å². The van der Waals surface area contributed by atoms with Crippen molar-refractivity contribution in [1.29, 1.82) is 0 Å². The fourth-order valence-corrected chi connectivity index (χ4v) is 5.16. The molecule has 184 valence electrons. The van der Waals surface area contributed by atoms with Crippen molar-refractivity contribution in [2.75, 3.05) is 33.3 Å². The van der Waals surface area contributed by atoms with Gasteiger partial charge >= 0.3 is 0 Å². The van der Waals surface area contributed by atoms with E-state index in [-0.39, 0.29) is 36.4 Å². The minimum Gasteiger partial charge on any atom is -0.472 e. The highest BCUT2D eigenvalue weighted by Gasteiger charge is 2.34. The van der Waals surface area contributed by atoms with E-state index in [0.717, 1.165) is 19.0 Å². The van der Waals surface area contributed by atoms with Crippen molar-refractivity contribution in [3.8, 4) is 17.0 Å². The molecule has 1 amide bonds. The molecule has 1 fully saturated rings. The Hall–Kier alpha value is -2.51. The van der Waals surface area contributed by atoms with Crippen LogP contribution in [0.25, 0.3) is 11.1 Å². The topological polar surface area (TPSA) is 65.9 Å². The second-order valence-corrected chi connectivity index (χ2v) is 10.1. The molecule has 2 aromatic rings. The largest absolute Gasteiger partial charge is 0.472 e. The summed E-state index contributed by atoms with van der Waals surface area (Å²) in [4.78, 5) is 22.1. The minimum atomic E-state index is -0.346. The molecule has 7 heteroatoms. The third kappa shape index (κ3) is 5.58. The number of fused-ring (bicyclic) bond motifs is 1. The van der Waals surface area contributed by atoms with Crippen LogP contribution in [0, 0.1) is 17.7 Å². The zero-order valence-corrected chi connectivity index (χ0v) is 20.4. The highest BCUT2D eigenvalue weighted by atomic mass is 19.1. The summed E-state index contributed by atoms with van der Waals surface area (Å²) in [5.74, 6) is 0.516. The summed E-state index contributed by atoms with van der Waals surface area (Å²) in [6.45, 7) is 6.06. The fraction of sp³-hybridized carbons (Fsp3) is 0.556. The normalized spacial score (nSPS) is 22.3. The van der Waals surface area contributed by atoms with E-state index in [9.17, 15) is 14.3 Å². The van der Waals surface area contributed by atoms with E-state index in [1.165, 1.54) is 37.8 Å². The summed E-state index contributed by atoms with van der Waals surface area (Å²) in [7, 11) is 2.13. The lowest BCUT2D eigenvalue weighted by atomic mass is 9.98. The maximum Gasteiger partial charge on any atom is 0.259 e. The van der Waals surface area contributed by atoms with Gasteiger partial charge in [0, 0.05) is 37.3 Å². The number of ether oxygens (including phenoxy) is 1. The molecule has 1 aromatic carbocycles. The van der Waals surface area contributed by atoms with Gasteiger partial charge in [0.15, 0.2) is 0 Å². The van der Waals surface area contributed by atoms with Gasteiger partial charge < -0.3 is 19.6 Å². The Morgan fingerprint density at radius 2 is 2.00 bits per heavy atom. The third-order valence-electron chi connectivity index (χ3n) is 7.22. The van der Waals surface area contributed by atoms with Gasteiger partial charge in [0.05, 0.1) is 12.6 Å². The molecule has 0 radical (unpaired) electrons. The van der Waals surface area contributed by atoms with E-state index in [2.05, 4.69) is 23.9 Å². The average Bonchev–Trinajstić information content (AvgIpc) is 3.33. The number of carbonyl (C=O) groups excluding carboxylic acids is 1. The standard InChI is InChI=1S/C27H36FN3O3/c1-18-14-31(19(2)17-32)27(33)24-12-22(21-9-6-10-23(28)11-21)13-29-26(24)34-25(18)16-30(3)15-20-7-4-5-8-20/h6,9-13,18-20,25,32H,4-5,7-8,14-17H2,1-3H3/t18-,19+,25-/m0/s1. The molecule has 0 spiro atoms. The summed E-state index contributed by atoms with van der Waals surface area (Å²) >= 11 is 0. The monoisotopic (exact) mass is 469 g/mol. The number of aliphatic hydroxyl groups is 1. The number of rotatable bonds is 7. The molecule has 1 aliphatic carbocycles. The zero-order valence-electron chi connectivity index (χ0n) is 20.4. The molecule has 2 aliphatic rings. The first-order valence-electron chi connectivity index (χ1n) is 12.4. The number of benzene rings is 1. The second kappa shape index (κ2) is 10.8. The van der Waals surface area contributed by atoms with Gasteiger partial charge in [0.1, 0.15) is 17.5 Å². The van der Waals surface area contributed by atoms with Crippen LogP contribution in [0.2, 0.25) is 0 Å². The molecule has 1 aromatic heterocycles. The van der Waals surface area contributed by atoms with E-state index in [1.54, 1.807) is 29.3 Å². The Morgan fingerprint density at radius 3 is 2.71 bits per heavy atom. The van der Waals surface area contributed by atoms with Crippen molar-refractivity contribution in [2.24, 2.45) is 11.8 Å². The summed E-state index contributed by atoms with van der Waals surface area (Å²) in [5.41, 5.74) is 1.64. The van der Waals surface area contributed by atoms with Gasteiger partial charge in [-0.05, 0) is 56.5 Å². The van der Waals surface area contributed by atoms with Gasteiger partial charge in [-0.15, -0.1) is 0 Å². The number of hydrogen-bond donors (Lipinski definition) is 1. The Bertz CT molecular complexity index is 995. The number of halogens is 1. The summed E-state index contributed by atoms with van der Waals surface area (Å²) < 4.78 is 20.2. The van der Waals surface area contributed by atoms with Crippen LogP contribution in [-0.4, -0.2) is 71.2 Å². The average molecular weight is 470 g/mol. The Morgan fingerprint density at radius 1 is 1.24 bits per heavy atom. The van der Waals surface area contributed by atoms with E-state index in [1.807, 2.05) is 6.92 Å². The van der Waals surface area contributed by atoms with E-state index < -0.39 is 0 Å². The zero-order chi connectivity index (χ0) is 24.2. The molecule has 34 heavy (non-hydrogen) atoms. The fourth-order valence-electron chi connectivity index (χ4n) is 5.16. The third-order valence-corrected chi connectivity index (χ3v) is 7.22. The molecule has 0 saturated heterocycles. The molecule has 4 rings (SSSR count). The Kier molecular flexibility index (Phi) is 7.84. The number of likely N-dealkylation sites (N-methyl/N-ethyl adjacent to an activating group) is 1. The maximum atomic E-state index is 13.8. The first-order chi connectivity index (χ1) is 16.4. The number of carbonyl (C=O) groups is 1. The summed E-state index contributed by atoms with van der Waals surface area (Å²) in [6.07, 6.45) is 6.68. The van der Waals surface area contributed by atoms with Crippen LogP contribution in [0.4, 0.5) is 4.39 Å². The lowest BCUT2D eigenvalue weighted by Crippen LogP contribution is -2.50. The molecule has 6 nitrogen and oxygen atoms in total. The van der Waals surface area contributed by atoms with Crippen LogP contribution in [0.1, 0.15) is 49.9 Å². The number of amides is 1. The first kappa shape index (κ1) is 24.6. The lowest BCUT2D eigenvalue weighted by Gasteiger charge is -2.38. The predicted molar refractivity (Wildman–Crippen MR) is 130 cm³/mol. The highest BCUT2D eigenvalue weighted by molar-refractivity contribution is 5.98. The van der Waals surface area contributed by atoms with Crippen molar-refractivity contribution < 1.29 is 19.0 Å². The van der Waals surface area contributed by atoms with E-state index >= 15 is 0 Å². The van der Waals surface area contributed by atoms with Crippen LogP contribution in [-0.2, 0) is 0 Å². The Labute approximate surface area is 201 Å². The number of pyridine rings is 1. The van der Waals surface area contributed by atoms with Gasteiger partial charge in [0.25, 0.3) is 5.91 Å². The van der Waals surface area contributed by atoms with E-state index in [4.69, 9.17) is 4.74 Å². The second-order valence-electron chi connectivity index (χ2n) is 10.1. The molecule has 0 unspecified atom stereocenters. The first-order valence-corrected chi connectivity index (χ1v) is 12.4. The van der Waals surface area contributed by atoms with Crippen molar-refractivity contribution in [2.45, 2.75) is 51.7 Å². The summed E-state index contributed by atoms with van der Waals surface area (Å²) in [5, 5.41) is 9.84. The van der Waals surface area contributed by atoms with Gasteiger partial charge in [-0.2, -0.15) is 0 Å². The SMILES string of the molecule is C[C@H](CO)N1C[C@H](C)[C@H](CN(C)CC2CCCC2)Oc2ncc(-c3cccc(F)c3)cc2C1=O.